The number of benzene rings is 1. The van der Waals surface area contributed by atoms with E-state index in [4.69, 9.17) is 4.74 Å². The lowest BCUT2D eigenvalue weighted by Gasteiger charge is -2.13. The van der Waals surface area contributed by atoms with Gasteiger partial charge in [-0.05, 0) is 56.0 Å². The summed E-state index contributed by atoms with van der Waals surface area (Å²) in [5, 5.41) is 11.2. The minimum absolute atomic E-state index is 0.394. The molecule has 112 valence electrons. The van der Waals surface area contributed by atoms with Crippen LogP contribution in [-0.2, 0) is 13.0 Å². The van der Waals surface area contributed by atoms with Gasteiger partial charge in [0.25, 0.3) is 0 Å². The fourth-order valence-corrected chi connectivity index (χ4v) is 2.75. The monoisotopic (exact) mass is 287 g/mol. The number of aromatic nitrogens is 2. The van der Waals surface area contributed by atoms with Gasteiger partial charge >= 0.3 is 0 Å². The van der Waals surface area contributed by atoms with Gasteiger partial charge in [-0.3, -0.25) is 0 Å². The molecule has 0 amide bonds. The molecule has 1 aromatic heterocycles. The van der Waals surface area contributed by atoms with Gasteiger partial charge in [0.15, 0.2) is 0 Å². The van der Waals surface area contributed by atoms with Crippen LogP contribution in [0.5, 0.6) is 5.75 Å². The molecule has 1 aliphatic carbocycles. The number of nitrogens with zero attached hydrogens (tertiary/aromatic N) is 2. The highest BCUT2D eigenvalue weighted by Gasteiger charge is 2.22. The molecule has 2 aromatic rings. The van der Waals surface area contributed by atoms with Gasteiger partial charge in [-0.25, -0.2) is 4.63 Å². The third-order valence-corrected chi connectivity index (χ3v) is 3.95. The van der Waals surface area contributed by atoms with Gasteiger partial charge in [0, 0.05) is 6.04 Å². The van der Waals surface area contributed by atoms with Crippen LogP contribution in [0, 0.1) is 6.92 Å². The fourth-order valence-electron chi connectivity index (χ4n) is 2.75. The molecule has 0 saturated carbocycles. The maximum Gasteiger partial charge on any atom is 0.145 e. The van der Waals surface area contributed by atoms with Gasteiger partial charge in [0.2, 0.25) is 0 Å². The molecular formula is C16H21N3O2. The molecule has 1 N–H and O–H groups in total. The molecule has 1 aromatic carbocycles. The fraction of sp³-hybridized carbons (Fsp3) is 0.500. The SMILES string of the molecule is CCCNC1CCc2cc(OCc3nonc3C)ccc21. The number of rotatable bonds is 6. The Labute approximate surface area is 124 Å². The van der Waals surface area contributed by atoms with E-state index >= 15 is 0 Å². The van der Waals surface area contributed by atoms with Crippen LogP contribution in [0.25, 0.3) is 0 Å². The molecular weight excluding hydrogens is 266 g/mol. The molecule has 0 saturated heterocycles. The Morgan fingerprint density at radius 2 is 2.29 bits per heavy atom. The van der Waals surface area contributed by atoms with Gasteiger partial charge in [0.05, 0.1) is 0 Å². The standard InChI is InChI=1S/C16H21N3O2/c1-3-8-17-15-7-4-12-9-13(5-6-14(12)15)20-10-16-11(2)18-21-19-16/h5-6,9,15,17H,3-4,7-8,10H2,1-2H3. The number of hydrogen-bond donors (Lipinski definition) is 1. The first-order chi connectivity index (χ1) is 10.3. The summed E-state index contributed by atoms with van der Waals surface area (Å²) < 4.78 is 10.5. The van der Waals surface area contributed by atoms with Crippen molar-refractivity contribution in [2.75, 3.05) is 6.54 Å². The van der Waals surface area contributed by atoms with E-state index in [0.717, 1.165) is 36.5 Å². The number of aryl methyl sites for hydroxylation is 2. The van der Waals surface area contributed by atoms with E-state index in [1.54, 1.807) is 0 Å². The summed E-state index contributed by atoms with van der Waals surface area (Å²) in [6.07, 6.45) is 3.45. The van der Waals surface area contributed by atoms with Gasteiger partial charge in [-0.2, -0.15) is 0 Å². The van der Waals surface area contributed by atoms with Crippen LogP contribution in [0.4, 0.5) is 0 Å². The summed E-state index contributed by atoms with van der Waals surface area (Å²) in [7, 11) is 0. The van der Waals surface area contributed by atoms with Crippen molar-refractivity contribution in [3.05, 3.63) is 40.7 Å². The zero-order chi connectivity index (χ0) is 14.7. The van der Waals surface area contributed by atoms with E-state index in [0.29, 0.717) is 12.6 Å². The molecule has 0 radical (unpaired) electrons. The van der Waals surface area contributed by atoms with Crippen molar-refractivity contribution in [3.8, 4) is 5.75 Å². The number of ether oxygens (including phenoxy) is 1. The summed E-state index contributed by atoms with van der Waals surface area (Å²) in [5.74, 6) is 0.882. The zero-order valence-corrected chi connectivity index (χ0v) is 12.6. The molecule has 1 unspecified atom stereocenters. The summed E-state index contributed by atoms with van der Waals surface area (Å²) >= 11 is 0. The average molecular weight is 287 g/mol. The second-order valence-electron chi connectivity index (χ2n) is 5.49. The molecule has 1 aliphatic rings. The van der Waals surface area contributed by atoms with E-state index in [-0.39, 0.29) is 0 Å². The predicted molar refractivity (Wildman–Crippen MR) is 79.2 cm³/mol. The lowest BCUT2D eigenvalue weighted by atomic mass is 10.1. The highest BCUT2D eigenvalue weighted by molar-refractivity contribution is 5.40. The second-order valence-corrected chi connectivity index (χ2v) is 5.49. The van der Waals surface area contributed by atoms with Crippen molar-refractivity contribution in [1.82, 2.24) is 15.6 Å². The minimum atomic E-state index is 0.394. The van der Waals surface area contributed by atoms with E-state index in [2.05, 4.69) is 39.3 Å². The first-order valence-electron chi connectivity index (χ1n) is 7.55. The molecule has 5 nitrogen and oxygen atoms in total. The summed E-state index contributed by atoms with van der Waals surface area (Å²) in [6.45, 7) is 5.52. The second kappa shape index (κ2) is 6.26. The first-order valence-corrected chi connectivity index (χ1v) is 7.55. The topological polar surface area (TPSA) is 60.2 Å². The van der Waals surface area contributed by atoms with Crippen LogP contribution in [0.3, 0.4) is 0 Å². The normalized spacial score (nSPS) is 17.0. The van der Waals surface area contributed by atoms with Gasteiger partial charge in [-0.15, -0.1) is 0 Å². The maximum absolute atomic E-state index is 5.79. The van der Waals surface area contributed by atoms with Crippen molar-refractivity contribution in [2.45, 2.75) is 45.8 Å². The first kappa shape index (κ1) is 14.1. The van der Waals surface area contributed by atoms with Crippen LogP contribution < -0.4 is 10.1 Å². The Morgan fingerprint density at radius 3 is 3.05 bits per heavy atom. The third kappa shape index (κ3) is 3.08. The third-order valence-electron chi connectivity index (χ3n) is 3.95. The Hall–Kier alpha value is -1.88. The smallest absolute Gasteiger partial charge is 0.145 e. The molecule has 0 bridgehead atoms. The lowest BCUT2D eigenvalue weighted by molar-refractivity contribution is 0.270. The van der Waals surface area contributed by atoms with Crippen molar-refractivity contribution in [2.24, 2.45) is 0 Å². The molecule has 5 heteroatoms. The van der Waals surface area contributed by atoms with Crippen molar-refractivity contribution >= 4 is 0 Å². The maximum atomic E-state index is 5.79. The molecule has 0 aliphatic heterocycles. The molecule has 0 spiro atoms. The van der Waals surface area contributed by atoms with Gasteiger partial charge < -0.3 is 10.1 Å². The Kier molecular flexibility index (Phi) is 4.20. The highest BCUT2D eigenvalue weighted by Crippen LogP contribution is 2.33. The van der Waals surface area contributed by atoms with E-state index < -0.39 is 0 Å². The Balaban J connectivity index is 1.65. The summed E-state index contributed by atoms with van der Waals surface area (Å²) in [4.78, 5) is 0. The molecule has 21 heavy (non-hydrogen) atoms. The van der Waals surface area contributed by atoms with Crippen molar-refractivity contribution in [3.63, 3.8) is 0 Å². The number of fused-ring (bicyclic) bond motifs is 1. The lowest BCUT2D eigenvalue weighted by Crippen LogP contribution is -2.19. The number of hydrogen-bond acceptors (Lipinski definition) is 5. The minimum Gasteiger partial charge on any atom is -0.487 e. The average Bonchev–Trinajstić information content (AvgIpc) is 3.09. The largest absolute Gasteiger partial charge is 0.487 e. The molecule has 1 atom stereocenters. The molecule has 3 rings (SSSR count). The van der Waals surface area contributed by atoms with Crippen molar-refractivity contribution < 1.29 is 9.37 Å². The van der Waals surface area contributed by atoms with E-state index in [1.165, 1.54) is 17.5 Å². The van der Waals surface area contributed by atoms with Crippen LogP contribution in [0.2, 0.25) is 0 Å². The van der Waals surface area contributed by atoms with Crippen LogP contribution in [0.15, 0.2) is 22.8 Å². The number of nitrogens with one attached hydrogen (secondary N) is 1. The van der Waals surface area contributed by atoms with E-state index in [9.17, 15) is 0 Å². The van der Waals surface area contributed by atoms with Crippen molar-refractivity contribution in [1.29, 1.82) is 0 Å². The molecule has 0 fully saturated rings. The predicted octanol–water partition coefficient (Wildman–Crippen LogP) is 2.94. The molecule has 1 heterocycles. The van der Waals surface area contributed by atoms with Gasteiger partial charge in [-0.1, -0.05) is 23.3 Å². The van der Waals surface area contributed by atoms with Crippen LogP contribution in [0.1, 0.15) is 48.3 Å². The van der Waals surface area contributed by atoms with Crippen LogP contribution in [-0.4, -0.2) is 16.9 Å². The Morgan fingerprint density at radius 1 is 1.38 bits per heavy atom. The Bertz CT molecular complexity index is 609. The quantitative estimate of drug-likeness (QED) is 0.885. The van der Waals surface area contributed by atoms with E-state index in [1.807, 2.05) is 13.0 Å². The highest BCUT2D eigenvalue weighted by atomic mass is 16.6. The summed E-state index contributed by atoms with van der Waals surface area (Å²) in [5.41, 5.74) is 4.32. The summed E-state index contributed by atoms with van der Waals surface area (Å²) in [6, 6.07) is 6.86. The van der Waals surface area contributed by atoms with Crippen LogP contribution >= 0.6 is 0 Å². The van der Waals surface area contributed by atoms with Gasteiger partial charge in [0.1, 0.15) is 23.7 Å². The zero-order valence-electron chi connectivity index (χ0n) is 12.6.